The summed E-state index contributed by atoms with van der Waals surface area (Å²) in [6.45, 7) is 9.37. The number of hydrogen-bond acceptors (Lipinski definition) is 3. The SMILES string of the molecule is CCNCCCN(C)S(=O)(=O)N(CCC(C)C)C1CC1. The van der Waals surface area contributed by atoms with Crippen molar-refractivity contribution in [3.8, 4) is 0 Å². The predicted molar refractivity (Wildman–Crippen MR) is 83.9 cm³/mol. The predicted octanol–water partition coefficient (Wildman–Crippen LogP) is 1.67. The smallest absolute Gasteiger partial charge is 0.281 e. The minimum Gasteiger partial charge on any atom is -0.317 e. The van der Waals surface area contributed by atoms with Gasteiger partial charge in [-0.15, -0.1) is 0 Å². The first-order valence-corrected chi connectivity index (χ1v) is 9.23. The van der Waals surface area contributed by atoms with E-state index in [4.69, 9.17) is 0 Å². The second kappa shape index (κ2) is 8.32. The minimum atomic E-state index is -3.28. The Morgan fingerprint density at radius 1 is 1.25 bits per heavy atom. The van der Waals surface area contributed by atoms with Crippen LogP contribution in [0.5, 0.6) is 0 Å². The van der Waals surface area contributed by atoms with Gasteiger partial charge in [-0.05, 0) is 44.7 Å². The van der Waals surface area contributed by atoms with Crippen LogP contribution in [0.25, 0.3) is 0 Å². The molecule has 0 aliphatic heterocycles. The lowest BCUT2D eigenvalue weighted by molar-refractivity contribution is 0.333. The second-order valence-corrected chi connectivity index (χ2v) is 8.05. The van der Waals surface area contributed by atoms with E-state index in [1.54, 1.807) is 11.4 Å². The molecule has 0 aromatic rings. The maximum absolute atomic E-state index is 12.6. The van der Waals surface area contributed by atoms with E-state index >= 15 is 0 Å². The first-order chi connectivity index (χ1) is 9.39. The molecule has 1 aliphatic rings. The fraction of sp³-hybridized carbons (Fsp3) is 1.00. The van der Waals surface area contributed by atoms with Crippen molar-refractivity contribution in [1.82, 2.24) is 13.9 Å². The normalized spacial score (nSPS) is 16.6. The van der Waals surface area contributed by atoms with Crippen LogP contribution in [0.3, 0.4) is 0 Å². The molecule has 6 heteroatoms. The van der Waals surface area contributed by atoms with E-state index in [1.165, 1.54) is 4.31 Å². The molecule has 1 rings (SSSR count). The van der Waals surface area contributed by atoms with Crippen LogP contribution in [0.2, 0.25) is 0 Å². The zero-order valence-electron chi connectivity index (χ0n) is 13.4. The summed E-state index contributed by atoms with van der Waals surface area (Å²) in [6.07, 6.45) is 3.82. The van der Waals surface area contributed by atoms with Crippen LogP contribution in [-0.2, 0) is 10.2 Å². The van der Waals surface area contributed by atoms with Crippen LogP contribution < -0.4 is 5.32 Å². The summed E-state index contributed by atoms with van der Waals surface area (Å²) in [6, 6.07) is 0.245. The van der Waals surface area contributed by atoms with Crippen molar-refractivity contribution in [2.24, 2.45) is 5.92 Å². The highest BCUT2D eigenvalue weighted by atomic mass is 32.2. The molecular formula is C14H31N3O2S. The van der Waals surface area contributed by atoms with Gasteiger partial charge in [0.2, 0.25) is 0 Å². The van der Waals surface area contributed by atoms with Crippen molar-refractivity contribution in [2.45, 2.75) is 52.5 Å². The van der Waals surface area contributed by atoms with E-state index in [-0.39, 0.29) is 6.04 Å². The molecule has 1 saturated carbocycles. The van der Waals surface area contributed by atoms with Gasteiger partial charge >= 0.3 is 0 Å². The summed E-state index contributed by atoms with van der Waals surface area (Å²) in [5.41, 5.74) is 0. The highest BCUT2D eigenvalue weighted by Crippen LogP contribution is 2.30. The first-order valence-electron chi connectivity index (χ1n) is 7.83. The second-order valence-electron chi connectivity index (χ2n) is 6.06. The maximum Gasteiger partial charge on any atom is 0.281 e. The average Bonchev–Trinajstić information content (AvgIpc) is 3.18. The number of nitrogens with one attached hydrogen (secondary N) is 1. The van der Waals surface area contributed by atoms with Gasteiger partial charge in [0, 0.05) is 26.2 Å². The number of nitrogens with zero attached hydrogens (tertiary/aromatic N) is 2. The molecule has 0 amide bonds. The monoisotopic (exact) mass is 305 g/mol. The zero-order valence-corrected chi connectivity index (χ0v) is 14.2. The quantitative estimate of drug-likeness (QED) is 0.591. The Hall–Kier alpha value is -0.170. The van der Waals surface area contributed by atoms with Gasteiger partial charge in [0.15, 0.2) is 0 Å². The molecule has 0 atom stereocenters. The fourth-order valence-corrected chi connectivity index (χ4v) is 3.77. The Labute approximate surface area is 124 Å². The topological polar surface area (TPSA) is 52.7 Å². The molecule has 20 heavy (non-hydrogen) atoms. The van der Waals surface area contributed by atoms with Crippen LogP contribution in [0.15, 0.2) is 0 Å². The Kier molecular flexibility index (Phi) is 7.43. The van der Waals surface area contributed by atoms with Gasteiger partial charge in [0.25, 0.3) is 10.2 Å². The van der Waals surface area contributed by atoms with Gasteiger partial charge in [-0.2, -0.15) is 17.0 Å². The molecular weight excluding hydrogens is 274 g/mol. The van der Waals surface area contributed by atoms with E-state index in [1.807, 2.05) is 0 Å². The van der Waals surface area contributed by atoms with Gasteiger partial charge in [0.1, 0.15) is 0 Å². The number of rotatable bonds is 11. The van der Waals surface area contributed by atoms with Gasteiger partial charge in [-0.1, -0.05) is 20.8 Å². The van der Waals surface area contributed by atoms with Crippen LogP contribution >= 0.6 is 0 Å². The lowest BCUT2D eigenvalue weighted by Crippen LogP contribution is -2.44. The van der Waals surface area contributed by atoms with Gasteiger partial charge in [-0.25, -0.2) is 0 Å². The van der Waals surface area contributed by atoms with Crippen molar-refractivity contribution >= 4 is 10.2 Å². The van der Waals surface area contributed by atoms with Crippen molar-refractivity contribution in [2.75, 3.05) is 33.2 Å². The molecule has 1 fully saturated rings. The van der Waals surface area contributed by atoms with E-state index in [9.17, 15) is 8.42 Å². The first kappa shape index (κ1) is 17.9. The minimum absolute atomic E-state index is 0.245. The van der Waals surface area contributed by atoms with E-state index in [0.29, 0.717) is 19.0 Å². The third kappa shape index (κ3) is 5.68. The third-order valence-electron chi connectivity index (χ3n) is 3.65. The Morgan fingerprint density at radius 3 is 2.40 bits per heavy atom. The van der Waals surface area contributed by atoms with Crippen LogP contribution in [0.4, 0.5) is 0 Å². The molecule has 0 saturated heterocycles. The summed E-state index contributed by atoms with van der Waals surface area (Å²) >= 11 is 0. The van der Waals surface area contributed by atoms with E-state index in [0.717, 1.165) is 38.8 Å². The standard InChI is InChI=1S/C14H31N3O2S/c1-5-15-10-6-11-16(4)20(18,19)17(14-7-8-14)12-9-13(2)3/h13-15H,5-12H2,1-4H3. The number of hydrogen-bond donors (Lipinski definition) is 1. The molecule has 0 heterocycles. The van der Waals surface area contributed by atoms with Crippen molar-refractivity contribution < 1.29 is 8.42 Å². The lowest BCUT2D eigenvalue weighted by Gasteiger charge is -2.28. The maximum atomic E-state index is 12.6. The summed E-state index contributed by atoms with van der Waals surface area (Å²) in [4.78, 5) is 0. The largest absolute Gasteiger partial charge is 0.317 e. The van der Waals surface area contributed by atoms with Gasteiger partial charge in [0.05, 0.1) is 0 Å². The van der Waals surface area contributed by atoms with Crippen molar-refractivity contribution in [3.63, 3.8) is 0 Å². The Balaban J connectivity index is 2.53. The molecule has 0 aromatic carbocycles. The summed E-state index contributed by atoms with van der Waals surface area (Å²) in [7, 11) is -1.58. The third-order valence-corrected chi connectivity index (χ3v) is 5.69. The van der Waals surface area contributed by atoms with Gasteiger partial charge < -0.3 is 5.32 Å². The summed E-state index contributed by atoms with van der Waals surface area (Å²) < 4.78 is 28.5. The highest BCUT2D eigenvalue weighted by molar-refractivity contribution is 7.86. The summed E-state index contributed by atoms with van der Waals surface area (Å²) in [5.74, 6) is 0.533. The van der Waals surface area contributed by atoms with E-state index in [2.05, 4.69) is 26.1 Å². The van der Waals surface area contributed by atoms with Crippen LogP contribution in [-0.4, -0.2) is 56.3 Å². The van der Waals surface area contributed by atoms with Gasteiger partial charge in [-0.3, -0.25) is 0 Å². The Bertz CT molecular complexity index is 367. The van der Waals surface area contributed by atoms with E-state index < -0.39 is 10.2 Å². The zero-order chi connectivity index (χ0) is 15.2. The molecule has 0 bridgehead atoms. The molecule has 0 aromatic heterocycles. The molecule has 1 aliphatic carbocycles. The molecule has 1 N–H and O–H groups in total. The molecule has 0 spiro atoms. The van der Waals surface area contributed by atoms with Crippen LogP contribution in [0, 0.1) is 5.92 Å². The highest BCUT2D eigenvalue weighted by Gasteiger charge is 2.38. The molecule has 120 valence electrons. The average molecular weight is 305 g/mol. The molecule has 0 radical (unpaired) electrons. The van der Waals surface area contributed by atoms with Crippen LogP contribution in [0.1, 0.15) is 46.5 Å². The van der Waals surface area contributed by atoms with Crippen molar-refractivity contribution in [1.29, 1.82) is 0 Å². The lowest BCUT2D eigenvalue weighted by atomic mass is 10.1. The Morgan fingerprint density at radius 2 is 1.90 bits per heavy atom. The summed E-state index contributed by atoms with van der Waals surface area (Å²) in [5, 5.41) is 3.22. The molecule has 0 unspecified atom stereocenters. The van der Waals surface area contributed by atoms with Crippen molar-refractivity contribution in [3.05, 3.63) is 0 Å². The fourth-order valence-electron chi connectivity index (χ4n) is 2.13. The molecule has 5 nitrogen and oxygen atoms in total.